The second kappa shape index (κ2) is 10.8. The van der Waals surface area contributed by atoms with E-state index in [0.717, 1.165) is 12.5 Å². The molecule has 1 aromatic carbocycles. The van der Waals surface area contributed by atoms with Crippen molar-refractivity contribution in [1.82, 2.24) is 19.5 Å². The van der Waals surface area contributed by atoms with Crippen LogP contribution >= 0.6 is 23.2 Å². The van der Waals surface area contributed by atoms with Crippen LogP contribution in [0.15, 0.2) is 23.1 Å². The molecular formula is C29H29Cl2F3N6O. The van der Waals surface area contributed by atoms with Crippen LogP contribution in [-0.2, 0) is 0 Å². The van der Waals surface area contributed by atoms with E-state index in [1.165, 1.54) is 4.57 Å². The van der Waals surface area contributed by atoms with Gasteiger partial charge in [-0.25, -0.2) is 27.5 Å². The van der Waals surface area contributed by atoms with E-state index < -0.39 is 50.1 Å². The first kappa shape index (κ1) is 29.1. The minimum absolute atomic E-state index is 0.00986. The first-order valence-electron chi connectivity index (χ1n) is 13.3. The summed E-state index contributed by atoms with van der Waals surface area (Å²) in [7, 11) is 0. The number of aromatic nitrogens is 4. The Morgan fingerprint density at radius 3 is 2.34 bits per heavy atom. The lowest BCUT2D eigenvalue weighted by Crippen LogP contribution is -2.40. The highest BCUT2D eigenvalue weighted by Crippen LogP contribution is 2.42. The fourth-order valence-electron chi connectivity index (χ4n) is 5.72. The molecule has 0 bridgehead atoms. The van der Waals surface area contributed by atoms with Crippen molar-refractivity contribution < 1.29 is 13.2 Å². The lowest BCUT2D eigenvalue weighted by Gasteiger charge is -2.36. The third kappa shape index (κ3) is 4.91. The molecule has 0 unspecified atom stereocenters. The number of anilines is 2. The van der Waals surface area contributed by atoms with Crippen molar-refractivity contribution in [3.63, 3.8) is 0 Å². The molecule has 0 spiro atoms. The molecule has 1 aliphatic heterocycles. The Balaban J connectivity index is 1.93. The van der Waals surface area contributed by atoms with Crippen LogP contribution in [0.1, 0.15) is 51.3 Å². The molecule has 12 heteroatoms. The number of rotatable bonds is 4. The average molecular weight is 605 g/mol. The molecule has 4 heterocycles. The summed E-state index contributed by atoms with van der Waals surface area (Å²) in [6, 6.07) is 2.88. The normalized spacial score (nSPS) is 17.6. The van der Waals surface area contributed by atoms with E-state index in [-0.39, 0.29) is 22.8 Å². The predicted octanol–water partition coefficient (Wildman–Crippen LogP) is 7.06. The monoisotopic (exact) mass is 604 g/mol. The van der Waals surface area contributed by atoms with Crippen molar-refractivity contribution >= 4 is 45.7 Å². The van der Waals surface area contributed by atoms with Crippen molar-refractivity contribution in [1.29, 1.82) is 0 Å². The molecule has 41 heavy (non-hydrogen) atoms. The summed E-state index contributed by atoms with van der Waals surface area (Å²) in [5.41, 5.74) is 5.29. The lowest BCUT2D eigenvalue weighted by molar-refractivity contribution is 0.355. The molecule has 0 amide bonds. The van der Waals surface area contributed by atoms with Gasteiger partial charge in [0.1, 0.15) is 21.6 Å². The summed E-state index contributed by atoms with van der Waals surface area (Å²) >= 11 is 11.8. The van der Waals surface area contributed by atoms with Crippen LogP contribution in [0.25, 0.3) is 28.0 Å². The van der Waals surface area contributed by atoms with Crippen molar-refractivity contribution in [3.05, 3.63) is 67.6 Å². The van der Waals surface area contributed by atoms with E-state index in [4.69, 9.17) is 28.9 Å². The van der Waals surface area contributed by atoms with Crippen LogP contribution in [0.3, 0.4) is 0 Å². The largest absolute Gasteiger partial charge is 0.397 e. The van der Waals surface area contributed by atoms with Gasteiger partial charge in [-0.3, -0.25) is 4.98 Å². The van der Waals surface area contributed by atoms with Gasteiger partial charge in [-0.1, -0.05) is 50.9 Å². The minimum atomic E-state index is -1.32. The summed E-state index contributed by atoms with van der Waals surface area (Å²) in [6.45, 7) is 11.1. The number of fused-ring (bicyclic) bond motifs is 1. The van der Waals surface area contributed by atoms with Crippen LogP contribution in [0, 0.1) is 36.2 Å². The molecule has 0 radical (unpaired) electrons. The third-order valence-corrected chi connectivity index (χ3v) is 8.14. The topological polar surface area (TPSA) is 89.9 Å². The van der Waals surface area contributed by atoms with E-state index >= 15 is 8.78 Å². The number of hydrogen-bond donors (Lipinski definition) is 1. The number of piperidine rings is 1. The molecular weight excluding hydrogens is 576 g/mol. The molecule has 2 atom stereocenters. The SMILES string of the molecule is Cc1ccnc(C(C)C)c1-n1c(=O)nc(N2C[C@H](C)C[C@H](C)C2)c2cc(F)c(-c3c(N)c(Cl)c(F)c(Cl)c3F)nc21. The van der Waals surface area contributed by atoms with Crippen molar-refractivity contribution in [2.75, 3.05) is 23.7 Å². The number of benzene rings is 1. The number of nitrogen functional groups attached to an aromatic ring is 1. The number of nitrogens with zero attached hydrogens (tertiary/aromatic N) is 5. The van der Waals surface area contributed by atoms with Gasteiger partial charge in [-0.2, -0.15) is 4.98 Å². The molecule has 5 rings (SSSR count). The maximum Gasteiger partial charge on any atom is 0.355 e. The standard InChI is InChI=1S/C29H29Cl2F3N6O/c1-12(2)24-26(15(5)6-7-36-24)40-28-16(27(38-29(40)41)39-10-13(3)8-14(4)11-39)9-17(32)25(37-28)18-21(33)19(30)22(34)20(31)23(18)35/h6-7,9,12-14H,8,10-11,35H2,1-5H3/t13-,14+. The Morgan fingerprint density at radius 2 is 1.71 bits per heavy atom. The summed E-state index contributed by atoms with van der Waals surface area (Å²) in [5.74, 6) is -2.77. The number of nitrogens with two attached hydrogens (primary N) is 1. The Morgan fingerprint density at radius 1 is 1.05 bits per heavy atom. The zero-order valence-corrected chi connectivity index (χ0v) is 24.7. The maximum atomic E-state index is 15.9. The van der Waals surface area contributed by atoms with Gasteiger partial charge >= 0.3 is 5.69 Å². The quantitative estimate of drug-likeness (QED) is 0.152. The number of halogens is 5. The first-order chi connectivity index (χ1) is 19.3. The van der Waals surface area contributed by atoms with Gasteiger partial charge < -0.3 is 10.6 Å². The first-order valence-corrected chi connectivity index (χ1v) is 14.0. The zero-order chi connectivity index (χ0) is 29.9. The lowest BCUT2D eigenvalue weighted by atomic mass is 9.92. The van der Waals surface area contributed by atoms with Crippen LogP contribution in [0.2, 0.25) is 10.0 Å². The Bertz CT molecular complexity index is 1720. The summed E-state index contributed by atoms with van der Waals surface area (Å²) in [6.07, 6.45) is 2.64. The molecule has 0 aliphatic carbocycles. The number of pyridine rings is 2. The fourth-order valence-corrected chi connectivity index (χ4v) is 6.15. The Kier molecular flexibility index (Phi) is 7.67. The van der Waals surface area contributed by atoms with Crippen LogP contribution in [0.4, 0.5) is 24.7 Å². The van der Waals surface area contributed by atoms with E-state index in [1.54, 1.807) is 12.3 Å². The second-order valence-corrected chi connectivity index (χ2v) is 11.9. The van der Waals surface area contributed by atoms with Gasteiger partial charge in [0.05, 0.1) is 28.0 Å². The van der Waals surface area contributed by atoms with Gasteiger partial charge in [0, 0.05) is 19.3 Å². The Hall–Kier alpha value is -3.37. The second-order valence-electron chi connectivity index (χ2n) is 11.2. The zero-order valence-electron chi connectivity index (χ0n) is 23.2. The number of aryl methyl sites for hydroxylation is 1. The maximum absolute atomic E-state index is 15.9. The van der Waals surface area contributed by atoms with E-state index in [9.17, 15) is 9.18 Å². The highest BCUT2D eigenvalue weighted by molar-refractivity contribution is 6.37. The van der Waals surface area contributed by atoms with Gasteiger partial charge in [-0.05, 0) is 48.8 Å². The third-order valence-electron chi connectivity index (χ3n) is 7.43. The van der Waals surface area contributed by atoms with Gasteiger partial charge in [0.15, 0.2) is 23.1 Å². The van der Waals surface area contributed by atoms with Crippen LogP contribution in [0.5, 0.6) is 0 Å². The fraction of sp³-hybridized carbons (Fsp3) is 0.379. The van der Waals surface area contributed by atoms with E-state index in [0.29, 0.717) is 41.9 Å². The van der Waals surface area contributed by atoms with Gasteiger partial charge in [0.2, 0.25) is 0 Å². The molecule has 1 fully saturated rings. The molecule has 4 aromatic rings. The van der Waals surface area contributed by atoms with Crippen LogP contribution < -0.4 is 16.3 Å². The smallest absolute Gasteiger partial charge is 0.355 e. The summed E-state index contributed by atoms with van der Waals surface area (Å²) in [5, 5.41) is -1.37. The van der Waals surface area contributed by atoms with Crippen molar-refractivity contribution in [2.24, 2.45) is 11.8 Å². The molecule has 216 valence electrons. The summed E-state index contributed by atoms with van der Waals surface area (Å²) in [4.78, 5) is 29.3. The number of hydrogen-bond acceptors (Lipinski definition) is 6. The Labute approximate surface area is 245 Å². The molecule has 2 N–H and O–H groups in total. The predicted molar refractivity (Wildman–Crippen MR) is 157 cm³/mol. The average Bonchev–Trinajstić information content (AvgIpc) is 2.91. The van der Waals surface area contributed by atoms with Crippen molar-refractivity contribution in [2.45, 2.75) is 47.0 Å². The van der Waals surface area contributed by atoms with Gasteiger partial charge in [0.25, 0.3) is 0 Å². The highest BCUT2D eigenvalue weighted by Gasteiger charge is 2.30. The minimum Gasteiger partial charge on any atom is -0.397 e. The molecule has 7 nitrogen and oxygen atoms in total. The van der Waals surface area contributed by atoms with Gasteiger partial charge in [-0.15, -0.1) is 0 Å². The molecule has 1 aliphatic rings. The molecule has 1 saturated heterocycles. The van der Waals surface area contributed by atoms with Crippen molar-refractivity contribution in [3.8, 4) is 16.9 Å². The molecule has 3 aromatic heterocycles. The molecule has 0 saturated carbocycles. The van der Waals surface area contributed by atoms with Crippen LogP contribution in [-0.4, -0.2) is 32.6 Å². The van der Waals surface area contributed by atoms with E-state index in [1.807, 2.05) is 25.7 Å². The summed E-state index contributed by atoms with van der Waals surface area (Å²) < 4.78 is 46.9. The highest BCUT2D eigenvalue weighted by atomic mass is 35.5. The van der Waals surface area contributed by atoms with E-state index in [2.05, 4.69) is 28.8 Å².